The lowest BCUT2D eigenvalue weighted by molar-refractivity contribution is 0.0934. The molecular weight excluding hydrogens is 280 g/mol. The molecule has 0 aliphatic rings. The number of rotatable bonds is 5. The minimum atomic E-state index is -0.429. The molecule has 2 N–H and O–H groups in total. The van der Waals surface area contributed by atoms with Gasteiger partial charge in [0, 0.05) is 11.8 Å². The first kappa shape index (κ1) is 14.0. The van der Waals surface area contributed by atoms with Gasteiger partial charge in [-0.3, -0.25) is 4.79 Å². The zero-order valence-electron chi connectivity index (χ0n) is 12.1. The average Bonchev–Trinajstić information content (AvgIpc) is 3.25. The summed E-state index contributed by atoms with van der Waals surface area (Å²) in [5.74, 6) is 1.12. The second-order valence-corrected chi connectivity index (χ2v) is 4.75. The summed E-state index contributed by atoms with van der Waals surface area (Å²) in [5, 5.41) is 2.97. The van der Waals surface area contributed by atoms with Crippen molar-refractivity contribution in [1.82, 2.24) is 10.3 Å². The van der Waals surface area contributed by atoms with Gasteiger partial charge in [-0.05, 0) is 30.3 Å². The lowest BCUT2D eigenvalue weighted by Crippen LogP contribution is -2.29. The number of furan rings is 1. The number of aromatic amines is 1. The third-order valence-corrected chi connectivity index (χ3v) is 3.40. The van der Waals surface area contributed by atoms with Gasteiger partial charge in [-0.2, -0.15) is 0 Å². The van der Waals surface area contributed by atoms with Crippen molar-refractivity contribution < 1.29 is 13.9 Å². The second kappa shape index (κ2) is 6.22. The zero-order chi connectivity index (χ0) is 15.4. The van der Waals surface area contributed by atoms with Crippen LogP contribution in [0.25, 0.3) is 0 Å². The van der Waals surface area contributed by atoms with Gasteiger partial charge in [-0.25, -0.2) is 0 Å². The molecule has 0 radical (unpaired) electrons. The summed E-state index contributed by atoms with van der Waals surface area (Å²) in [6.07, 6.45) is 3.29. The molecule has 0 fully saturated rings. The third-order valence-electron chi connectivity index (χ3n) is 3.40. The first-order valence-electron chi connectivity index (χ1n) is 6.90. The Kier molecular flexibility index (Phi) is 3.96. The van der Waals surface area contributed by atoms with E-state index >= 15 is 0 Å². The van der Waals surface area contributed by atoms with E-state index in [0.717, 1.165) is 5.56 Å². The third kappa shape index (κ3) is 2.74. The maximum absolute atomic E-state index is 12.4. The summed E-state index contributed by atoms with van der Waals surface area (Å²) in [7, 11) is 1.60. The monoisotopic (exact) mass is 296 g/mol. The minimum Gasteiger partial charge on any atom is -0.496 e. The molecule has 0 aliphatic heterocycles. The predicted molar refractivity (Wildman–Crippen MR) is 81.8 cm³/mol. The first-order chi connectivity index (χ1) is 10.8. The van der Waals surface area contributed by atoms with Gasteiger partial charge in [0.2, 0.25) is 0 Å². The average molecular weight is 296 g/mol. The fourth-order valence-corrected chi connectivity index (χ4v) is 2.34. The number of hydrogen-bond acceptors (Lipinski definition) is 3. The van der Waals surface area contributed by atoms with Gasteiger partial charge < -0.3 is 19.5 Å². The molecule has 0 spiro atoms. The van der Waals surface area contributed by atoms with Crippen molar-refractivity contribution in [3.8, 4) is 5.75 Å². The summed E-state index contributed by atoms with van der Waals surface area (Å²) in [5.41, 5.74) is 1.33. The highest BCUT2D eigenvalue weighted by Crippen LogP contribution is 2.30. The molecule has 1 amide bonds. The largest absolute Gasteiger partial charge is 0.496 e. The summed E-state index contributed by atoms with van der Waals surface area (Å²) in [6.45, 7) is 0. The molecule has 3 rings (SSSR count). The summed E-state index contributed by atoms with van der Waals surface area (Å²) in [4.78, 5) is 15.3. The molecule has 3 aromatic rings. The van der Waals surface area contributed by atoms with Crippen LogP contribution in [0.2, 0.25) is 0 Å². The summed E-state index contributed by atoms with van der Waals surface area (Å²) < 4.78 is 10.9. The van der Waals surface area contributed by atoms with Crippen LogP contribution in [0.3, 0.4) is 0 Å². The van der Waals surface area contributed by atoms with Crippen LogP contribution in [-0.2, 0) is 0 Å². The van der Waals surface area contributed by atoms with Gasteiger partial charge in [-0.1, -0.05) is 18.2 Å². The molecule has 5 nitrogen and oxygen atoms in total. The van der Waals surface area contributed by atoms with Gasteiger partial charge in [0.1, 0.15) is 23.2 Å². The van der Waals surface area contributed by atoms with Crippen LogP contribution in [0, 0.1) is 0 Å². The molecular formula is C17H16N2O3. The van der Waals surface area contributed by atoms with Crippen LogP contribution in [0.5, 0.6) is 5.75 Å². The maximum atomic E-state index is 12.4. The van der Waals surface area contributed by atoms with Crippen LogP contribution in [0.1, 0.15) is 27.9 Å². The van der Waals surface area contributed by atoms with E-state index in [0.29, 0.717) is 17.2 Å². The highest BCUT2D eigenvalue weighted by molar-refractivity contribution is 5.92. The van der Waals surface area contributed by atoms with Crippen molar-refractivity contribution in [2.24, 2.45) is 0 Å². The standard InChI is InChI=1S/C17H16N2O3/c1-21-14-8-3-2-6-12(14)16(15-9-5-11-22-15)19-17(20)13-7-4-10-18-13/h2-11,16,18H,1H3,(H,19,20)/t16-/m0/s1. The molecule has 22 heavy (non-hydrogen) atoms. The smallest absolute Gasteiger partial charge is 0.268 e. The molecule has 0 saturated heterocycles. The molecule has 0 aliphatic carbocycles. The predicted octanol–water partition coefficient (Wildman–Crippen LogP) is 3.14. The highest BCUT2D eigenvalue weighted by atomic mass is 16.5. The van der Waals surface area contributed by atoms with E-state index in [9.17, 15) is 4.79 Å². The molecule has 1 aromatic carbocycles. The number of benzene rings is 1. The van der Waals surface area contributed by atoms with Gasteiger partial charge in [0.25, 0.3) is 5.91 Å². The number of ether oxygens (including phenoxy) is 1. The lowest BCUT2D eigenvalue weighted by Gasteiger charge is -2.19. The molecule has 5 heteroatoms. The number of hydrogen-bond donors (Lipinski definition) is 2. The van der Waals surface area contributed by atoms with Crippen LogP contribution >= 0.6 is 0 Å². The SMILES string of the molecule is COc1ccccc1[C@H](NC(=O)c1ccc[nH]1)c1ccco1. The van der Waals surface area contributed by atoms with E-state index < -0.39 is 6.04 Å². The maximum Gasteiger partial charge on any atom is 0.268 e. The number of para-hydroxylation sites is 1. The zero-order valence-corrected chi connectivity index (χ0v) is 12.1. The van der Waals surface area contributed by atoms with Gasteiger partial charge in [0.05, 0.1) is 13.4 Å². The fourth-order valence-electron chi connectivity index (χ4n) is 2.34. The van der Waals surface area contributed by atoms with Gasteiger partial charge in [0.15, 0.2) is 0 Å². The molecule has 2 aromatic heterocycles. The van der Waals surface area contributed by atoms with Crippen molar-refractivity contribution in [1.29, 1.82) is 0 Å². The number of methoxy groups -OCH3 is 1. The molecule has 2 heterocycles. The van der Waals surface area contributed by atoms with E-state index in [2.05, 4.69) is 10.3 Å². The number of H-pyrrole nitrogens is 1. The van der Waals surface area contributed by atoms with E-state index in [4.69, 9.17) is 9.15 Å². The van der Waals surface area contributed by atoms with Gasteiger partial charge >= 0.3 is 0 Å². The molecule has 112 valence electrons. The Morgan fingerprint density at radius 3 is 2.73 bits per heavy atom. The molecule has 0 saturated carbocycles. The van der Waals surface area contributed by atoms with Crippen LogP contribution in [0.15, 0.2) is 65.4 Å². The van der Waals surface area contributed by atoms with E-state index in [1.165, 1.54) is 0 Å². The Bertz CT molecular complexity index is 733. The first-order valence-corrected chi connectivity index (χ1v) is 6.90. The quantitative estimate of drug-likeness (QED) is 0.760. The van der Waals surface area contributed by atoms with Crippen molar-refractivity contribution in [2.45, 2.75) is 6.04 Å². The topological polar surface area (TPSA) is 67.3 Å². The Hall–Kier alpha value is -2.95. The van der Waals surface area contributed by atoms with Gasteiger partial charge in [-0.15, -0.1) is 0 Å². The van der Waals surface area contributed by atoms with E-state index in [-0.39, 0.29) is 5.91 Å². The summed E-state index contributed by atoms with van der Waals surface area (Å²) in [6, 6.07) is 14.2. The number of amides is 1. The molecule has 0 unspecified atom stereocenters. The molecule has 0 bridgehead atoms. The lowest BCUT2D eigenvalue weighted by atomic mass is 10.0. The Balaban J connectivity index is 1.96. The van der Waals surface area contributed by atoms with Crippen molar-refractivity contribution in [3.63, 3.8) is 0 Å². The highest BCUT2D eigenvalue weighted by Gasteiger charge is 2.23. The van der Waals surface area contributed by atoms with Crippen molar-refractivity contribution in [2.75, 3.05) is 7.11 Å². The fraction of sp³-hybridized carbons (Fsp3) is 0.118. The number of carbonyl (C=O) groups is 1. The summed E-state index contributed by atoms with van der Waals surface area (Å²) >= 11 is 0. The second-order valence-electron chi connectivity index (χ2n) is 4.75. The minimum absolute atomic E-state index is 0.211. The van der Waals surface area contributed by atoms with Crippen LogP contribution in [0.4, 0.5) is 0 Å². The van der Waals surface area contributed by atoms with Crippen LogP contribution in [-0.4, -0.2) is 18.0 Å². The molecule has 1 atom stereocenters. The van der Waals surface area contributed by atoms with Crippen molar-refractivity contribution >= 4 is 5.91 Å². The Morgan fingerprint density at radius 2 is 2.05 bits per heavy atom. The number of aromatic nitrogens is 1. The number of carbonyl (C=O) groups excluding carboxylic acids is 1. The Morgan fingerprint density at radius 1 is 1.18 bits per heavy atom. The van der Waals surface area contributed by atoms with Crippen molar-refractivity contribution in [3.05, 3.63) is 78.0 Å². The Labute approximate surface area is 127 Å². The van der Waals surface area contributed by atoms with E-state index in [1.54, 1.807) is 37.8 Å². The number of nitrogens with one attached hydrogen (secondary N) is 2. The van der Waals surface area contributed by atoms with E-state index in [1.807, 2.05) is 30.3 Å². The van der Waals surface area contributed by atoms with Crippen LogP contribution < -0.4 is 10.1 Å². The normalized spacial score (nSPS) is 11.9.